The number of carbonyl (C=O) groups excluding carboxylic acids is 1. The fraction of sp³-hybridized carbons (Fsp3) is 0.316. The predicted octanol–water partition coefficient (Wildman–Crippen LogP) is 3.09. The van der Waals surface area contributed by atoms with Crippen LogP contribution in [-0.2, 0) is 6.42 Å². The Morgan fingerprint density at radius 1 is 1.17 bits per heavy atom. The smallest absolute Gasteiger partial charge is 0.315 e. The quantitative estimate of drug-likeness (QED) is 0.861. The molecule has 120 valence electrons. The van der Waals surface area contributed by atoms with E-state index in [4.69, 9.17) is 4.74 Å². The summed E-state index contributed by atoms with van der Waals surface area (Å²) >= 11 is 0. The molecule has 23 heavy (non-hydrogen) atoms. The zero-order chi connectivity index (χ0) is 16.1. The van der Waals surface area contributed by atoms with Crippen LogP contribution in [0.25, 0.3) is 0 Å². The first-order valence-corrected chi connectivity index (χ1v) is 7.98. The number of amides is 2. The Bertz CT molecular complexity index is 657. The molecule has 2 N–H and O–H groups in total. The van der Waals surface area contributed by atoms with E-state index in [1.165, 1.54) is 5.56 Å². The molecule has 1 aliphatic carbocycles. The molecule has 2 amide bonds. The fourth-order valence-corrected chi connectivity index (χ4v) is 2.79. The van der Waals surface area contributed by atoms with Crippen LogP contribution in [0.15, 0.2) is 54.6 Å². The van der Waals surface area contributed by atoms with E-state index in [0.29, 0.717) is 12.5 Å². The Labute approximate surface area is 136 Å². The van der Waals surface area contributed by atoms with E-state index in [1.54, 1.807) is 7.11 Å². The normalized spacial score (nSPS) is 19.0. The summed E-state index contributed by atoms with van der Waals surface area (Å²) in [6.07, 6.45) is 1.81. The first kappa shape index (κ1) is 15.4. The minimum absolute atomic E-state index is 0.0867. The van der Waals surface area contributed by atoms with E-state index in [-0.39, 0.29) is 12.1 Å². The van der Waals surface area contributed by atoms with Gasteiger partial charge in [-0.25, -0.2) is 4.79 Å². The number of carbonyl (C=O) groups is 1. The Balaban J connectivity index is 1.39. The van der Waals surface area contributed by atoms with Gasteiger partial charge in [0.15, 0.2) is 0 Å². The molecule has 2 unspecified atom stereocenters. The third-order valence-electron chi connectivity index (χ3n) is 4.17. The van der Waals surface area contributed by atoms with Gasteiger partial charge in [0.2, 0.25) is 0 Å². The van der Waals surface area contributed by atoms with Gasteiger partial charge in [-0.2, -0.15) is 0 Å². The molecule has 0 aliphatic heterocycles. The van der Waals surface area contributed by atoms with Gasteiger partial charge in [0.25, 0.3) is 0 Å². The second-order valence-corrected chi connectivity index (χ2v) is 5.86. The van der Waals surface area contributed by atoms with Gasteiger partial charge in [-0.3, -0.25) is 0 Å². The summed E-state index contributed by atoms with van der Waals surface area (Å²) in [7, 11) is 1.66. The van der Waals surface area contributed by atoms with Crippen LogP contribution >= 0.6 is 0 Å². The van der Waals surface area contributed by atoms with Crippen molar-refractivity contribution in [1.29, 1.82) is 0 Å². The van der Waals surface area contributed by atoms with Gasteiger partial charge in [-0.1, -0.05) is 42.5 Å². The minimum atomic E-state index is -0.0867. The SMILES string of the molecule is COc1cccc(CCNC(=O)NC2CC2c2ccccc2)c1. The molecule has 1 fully saturated rings. The molecule has 2 atom stereocenters. The van der Waals surface area contributed by atoms with Crippen LogP contribution in [0.2, 0.25) is 0 Å². The van der Waals surface area contributed by atoms with Crippen LogP contribution < -0.4 is 15.4 Å². The van der Waals surface area contributed by atoms with Crippen molar-refractivity contribution in [3.8, 4) is 5.75 Å². The minimum Gasteiger partial charge on any atom is -0.497 e. The predicted molar refractivity (Wildman–Crippen MR) is 90.8 cm³/mol. The average Bonchev–Trinajstić information content (AvgIpc) is 3.35. The van der Waals surface area contributed by atoms with E-state index in [2.05, 4.69) is 22.8 Å². The Kier molecular flexibility index (Phi) is 4.81. The highest BCUT2D eigenvalue weighted by atomic mass is 16.5. The second-order valence-electron chi connectivity index (χ2n) is 5.86. The lowest BCUT2D eigenvalue weighted by molar-refractivity contribution is 0.240. The lowest BCUT2D eigenvalue weighted by Gasteiger charge is -2.08. The lowest BCUT2D eigenvalue weighted by Crippen LogP contribution is -2.38. The summed E-state index contributed by atoms with van der Waals surface area (Å²) < 4.78 is 5.20. The Morgan fingerprint density at radius 3 is 2.78 bits per heavy atom. The van der Waals surface area contributed by atoms with Crippen LogP contribution in [0.5, 0.6) is 5.75 Å². The zero-order valence-corrected chi connectivity index (χ0v) is 13.3. The first-order valence-electron chi connectivity index (χ1n) is 7.98. The molecule has 3 rings (SSSR count). The maximum absolute atomic E-state index is 11.9. The molecular formula is C19H22N2O2. The van der Waals surface area contributed by atoms with Gasteiger partial charge in [0.05, 0.1) is 7.11 Å². The van der Waals surface area contributed by atoms with Crippen molar-refractivity contribution in [2.24, 2.45) is 0 Å². The summed E-state index contributed by atoms with van der Waals surface area (Å²) in [5.74, 6) is 1.30. The van der Waals surface area contributed by atoms with Gasteiger partial charge in [0, 0.05) is 18.5 Å². The molecule has 0 spiro atoms. The third kappa shape index (κ3) is 4.25. The maximum atomic E-state index is 11.9. The topological polar surface area (TPSA) is 50.4 Å². The zero-order valence-electron chi connectivity index (χ0n) is 13.3. The van der Waals surface area contributed by atoms with Crippen molar-refractivity contribution < 1.29 is 9.53 Å². The summed E-state index contributed by atoms with van der Waals surface area (Å²) in [6.45, 7) is 0.613. The highest BCUT2D eigenvalue weighted by molar-refractivity contribution is 5.74. The highest BCUT2D eigenvalue weighted by Gasteiger charge is 2.39. The summed E-state index contributed by atoms with van der Waals surface area (Å²) in [5, 5.41) is 5.96. The van der Waals surface area contributed by atoms with Gasteiger partial charge in [-0.05, 0) is 36.1 Å². The number of methoxy groups -OCH3 is 1. The second kappa shape index (κ2) is 7.18. The van der Waals surface area contributed by atoms with E-state index >= 15 is 0 Å². The van der Waals surface area contributed by atoms with Crippen molar-refractivity contribution in [1.82, 2.24) is 10.6 Å². The average molecular weight is 310 g/mol. The number of nitrogens with one attached hydrogen (secondary N) is 2. The van der Waals surface area contributed by atoms with Crippen molar-refractivity contribution in [3.63, 3.8) is 0 Å². The van der Waals surface area contributed by atoms with E-state index in [9.17, 15) is 4.79 Å². The van der Waals surface area contributed by atoms with Crippen LogP contribution in [-0.4, -0.2) is 25.7 Å². The van der Waals surface area contributed by atoms with Crippen LogP contribution in [0.4, 0.5) is 4.79 Å². The van der Waals surface area contributed by atoms with Crippen molar-refractivity contribution >= 4 is 6.03 Å². The summed E-state index contributed by atoms with van der Waals surface area (Å²) in [4.78, 5) is 11.9. The van der Waals surface area contributed by atoms with Crippen molar-refractivity contribution in [2.75, 3.05) is 13.7 Å². The fourth-order valence-electron chi connectivity index (χ4n) is 2.79. The Hall–Kier alpha value is -2.49. The van der Waals surface area contributed by atoms with Gasteiger partial charge in [-0.15, -0.1) is 0 Å². The molecule has 2 aromatic carbocycles. The first-order chi connectivity index (χ1) is 11.3. The van der Waals surface area contributed by atoms with Gasteiger partial charge < -0.3 is 15.4 Å². The molecular weight excluding hydrogens is 288 g/mol. The highest BCUT2D eigenvalue weighted by Crippen LogP contribution is 2.40. The van der Waals surface area contributed by atoms with Crippen molar-refractivity contribution in [2.45, 2.75) is 24.8 Å². The summed E-state index contributed by atoms with van der Waals surface area (Å²) in [5.41, 5.74) is 2.45. The van der Waals surface area contributed by atoms with E-state index in [1.807, 2.05) is 42.5 Å². The summed E-state index contributed by atoms with van der Waals surface area (Å²) in [6, 6.07) is 18.4. The number of urea groups is 1. The molecule has 4 heteroatoms. The number of hydrogen-bond acceptors (Lipinski definition) is 2. The third-order valence-corrected chi connectivity index (χ3v) is 4.17. The number of benzene rings is 2. The van der Waals surface area contributed by atoms with Gasteiger partial charge in [0.1, 0.15) is 5.75 Å². The van der Waals surface area contributed by atoms with Gasteiger partial charge >= 0.3 is 6.03 Å². The van der Waals surface area contributed by atoms with Crippen LogP contribution in [0.3, 0.4) is 0 Å². The maximum Gasteiger partial charge on any atom is 0.315 e. The molecule has 0 radical (unpaired) electrons. The molecule has 4 nitrogen and oxygen atoms in total. The number of hydrogen-bond donors (Lipinski definition) is 2. The van der Waals surface area contributed by atoms with E-state index in [0.717, 1.165) is 24.2 Å². The molecule has 0 bridgehead atoms. The molecule has 0 saturated heterocycles. The monoisotopic (exact) mass is 310 g/mol. The molecule has 1 aliphatic rings. The number of rotatable bonds is 6. The lowest BCUT2D eigenvalue weighted by atomic mass is 10.1. The largest absolute Gasteiger partial charge is 0.497 e. The van der Waals surface area contributed by atoms with Crippen LogP contribution in [0, 0.1) is 0 Å². The standard InChI is InChI=1S/C19H22N2O2/c1-23-16-9-5-6-14(12-16)10-11-20-19(22)21-18-13-17(18)15-7-3-2-4-8-15/h2-9,12,17-18H,10-11,13H2,1H3,(H2,20,21,22). The molecule has 0 aromatic heterocycles. The van der Waals surface area contributed by atoms with Crippen LogP contribution in [0.1, 0.15) is 23.5 Å². The van der Waals surface area contributed by atoms with E-state index < -0.39 is 0 Å². The Morgan fingerprint density at radius 2 is 2.00 bits per heavy atom. The molecule has 1 saturated carbocycles. The number of ether oxygens (including phenoxy) is 1. The molecule has 0 heterocycles. The van der Waals surface area contributed by atoms with Crippen molar-refractivity contribution in [3.05, 3.63) is 65.7 Å². The molecule has 2 aromatic rings.